The van der Waals surface area contributed by atoms with Gasteiger partial charge in [0.15, 0.2) is 6.10 Å². The van der Waals surface area contributed by atoms with Crippen molar-refractivity contribution in [1.29, 1.82) is 0 Å². The zero-order valence-corrected chi connectivity index (χ0v) is 12.5. The van der Waals surface area contributed by atoms with E-state index >= 15 is 0 Å². The summed E-state index contributed by atoms with van der Waals surface area (Å²) >= 11 is 0. The first-order chi connectivity index (χ1) is 10.6. The lowest BCUT2D eigenvalue weighted by Gasteiger charge is -2.27. The summed E-state index contributed by atoms with van der Waals surface area (Å²) in [6.45, 7) is 2.43. The highest BCUT2D eigenvalue weighted by Gasteiger charge is 2.33. The van der Waals surface area contributed by atoms with Crippen LogP contribution in [0.15, 0.2) is 42.6 Å². The third-order valence-electron chi connectivity index (χ3n) is 3.97. The molecule has 0 unspecified atom stereocenters. The number of aromatic nitrogens is 1. The van der Waals surface area contributed by atoms with Crippen LogP contribution in [0.3, 0.4) is 0 Å². The molecule has 1 N–H and O–H groups in total. The normalized spacial score (nSPS) is 19.2. The van der Waals surface area contributed by atoms with Gasteiger partial charge in [-0.3, -0.25) is 4.79 Å². The number of amides is 1. The maximum atomic E-state index is 13.2. The van der Waals surface area contributed by atoms with E-state index in [0.717, 1.165) is 25.1 Å². The molecule has 0 saturated carbocycles. The van der Waals surface area contributed by atoms with Crippen LogP contribution in [0.25, 0.3) is 0 Å². The molecule has 1 aliphatic heterocycles. The highest BCUT2D eigenvalue weighted by molar-refractivity contribution is 5.81. The number of carbonyl (C=O) groups is 1. The van der Waals surface area contributed by atoms with Crippen LogP contribution < -0.4 is 4.74 Å². The molecule has 116 valence electrons. The van der Waals surface area contributed by atoms with Gasteiger partial charge in [0.05, 0.1) is 6.04 Å². The van der Waals surface area contributed by atoms with Crippen molar-refractivity contribution in [2.24, 2.45) is 0 Å². The number of aromatic amines is 1. The summed E-state index contributed by atoms with van der Waals surface area (Å²) in [5.41, 5.74) is 1.05. The van der Waals surface area contributed by atoms with Crippen LogP contribution in [-0.2, 0) is 4.79 Å². The molecule has 0 aliphatic carbocycles. The Morgan fingerprint density at radius 2 is 2.27 bits per heavy atom. The number of H-pyrrole nitrogens is 1. The molecule has 2 atom stereocenters. The number of halogens is 1. The second-order valence-electron chi connectivity index (χ2n) is 5.53. The lowest BCUT2D eigenvalue weighted by molar-refractivity contribution is -0.139. The van der Waals surface area contributed by atoms with E-state index in [1.54, 1.807) is 19.1 Å². The van der Waals surface area contributed by atoms with Gasteiger partial charge in [-0.15, -0.1) is 0 Å². The van der Waals surface area contributed by atoms with Crippen molar-refractivity contribution < 1.29 is 13.9 Å². The smallest absolute Gasteiger partial charge is 0.263 e. The summed E-state index contributed by atoms with van der Waals surface area (Å²) in [5, 5.41) is 0. The van der Waals surface area contributed by atoms with E-state index in [1.807, 2.05) is 23.2 Å². The van der Waals surface area contributed by atoms with Gasteiger partial charge in [0.25, 0.3) is 5.91 Å². The molecule has 22 heavy (non-hydrogen) atoms. The van der Waals surface area contributed by atoms with E-state index in [-0.39, 0.29) is 17.8 Å². The Balaban J connectivity index is 1.70. The molecule has 1 aliphatic rings. The first-order valence-corrected chi connectivity index (χ1v) is 7.51. The third-order valence-corrected chi connectivity index (χ3v) is 3.97. The molecule has 3 rings (SSSR count). The summed E-state index contributed by atoms with van der Waals surface area (Å²) in [6, 6.07) is 9.86. The van der Waals surface area contributed by atoms with Gasteiger partial charge in [-0.25, -0.2) is 4.39 Å². The van der Waals surface area contributed by atoms with Crippen LogP contribution in [0, 0.1) is 5.82 Å². The number of hydrogen-bond donors (Lipinski definition) is 1. The molecule has 2 heterocycles. The Hall–Kier alpha value is -2.30. The van der Waals surface area contributed by atoms with Crippen LogP contribution >= 0.6 is 0 Å². The predicted molar refractivity (Wildman–Crippen MR) is 81.0 cm³/mol. The number of ether oxygens (including phenoxy) is 1. The monoisotopic (exact) mass is 302 g/mol. The van der Waals surface area contributed by atoms with Crippen LogP contribution in [0.2, 0.25) is 0 Å². The molecule has 2 aromatic rings. The van der Waals surface area contributed by atoms with Crippen molar-refractivity contribution in [2.45, 2.75) is 31.9 Å². The van der Waals surface area contributed by atoms with Crippen molar-refractivity contribution in [3.05, 3.63) is 54.1 Å². The van der Waals surface area contributed by atoms with Gasteiger partial charge in [0, 0.05) is 24.5 Å². The fraction of sp³-hybridized carbons (Fsp3) is 0.353. The number of nitrogens with zero attached hydrogens (tertiary/aromatic N) is 1. The minimum absolute atomic E-state index is 0.0682. The first kappa shape index (κ1) is 14.6. The standard InChI is InChI=1S/C17H19FN2O2/c1-12(22-14-6-2-5-13(18)11-14)17(21)20-10-4-8-16(20)15-7-3-9-19-15/h2-3,5-7,9,11-12,16,19H,4,8,10H2,1H3/t12-,16-/m0/s1. The van der Waals surface area contributed by atoms with E-state index in [1.165, 1.54) is 12.1 Å². The van der Waals surface area contributed by atoms with E-state index < -0.39 is 6.10 Å². The number of rotatable bonds is 4. The maximum absolute atomic E-state index is 13.2. The Morgan fingerprint density at radius 1 is 1.41 bits per heavy atom. The number of likely N-dealkylation sites (tertiary alicyclic amines) is 1. The zero-order chi connectivity index (χ0) is 15.5. The van der Waals surface area contributed by atoms with E-state index in [9.17, 15) is 9.18 Å². The lowest BCUT2D eigenvalue weighted by Crippen LogP contribution is -2.40. The molecule has 0 radical (unpaired) electrons. The van der Waals surface area contributed by atoms with Crippen molar-refractivity contribution in [1.82, 2.24) is 9.88 Å². The van der Waals surface area contributed by atoms with Gasteiger partial charge in [0.2, 0.25) is 0 Å². The Bertz CT molecular complexity index is 642. The molecule has 1 aromatic carbocycles. The number of nitrogens with one attached hydrogen (secondary N) is 1. The Morgan fingerprint density at radius 3 is 3.00 bits per heavy atom. The molecule has 1 saturated heterocycles. The molecule has 1 amide bonds. The summed E-state index contributed by atoms with van der Waals surface area (Å²) in [4.78, 5) is 17.7. The highest BCUT2D eigenvalue weighted by atomic mass is 19.1. The molecule has 1 fully saturated rings. The summed E-state index contributed by atoms with van der Waals surface area (Å²) in [6.07, 6.45) is 3.14. The quantitative estimate of drug-likeness (QED) is 0.942. The second-order valence-corrected chi connectivity index (χ2v) is 5.53. The molecular weight excluding hydrogens is 283 g/mol. The summed E-state index contributed by atoms with van der Waals surface area (Å²) in [5.74, 6) is -0.0691. The average Bonchev–Trinajstić information content (AvgIpc) is 3.17. The molecular formula is C17H19FN2O2. The van der Waals surface area contributed by atoms with Gasteiger partial charge in [-0.1, -0.05) is 6.07 Å². The largest absolute Gasteiger partial charge is 0.481 e. The Labute approximate surface area is 128 Å². The van der Waals surface area contributed by atoms with Crippen LogP contribution in [-0.4, -0.2) is 28.4 Å². The van der Waals surface area contributed by atoms with Crippen LogP contribution in [0.1, 0.15) is 31.5 Å². The fourth-order valence-electron chi connectivity index (χ4n) is 2.93. The Kier molecular flexibility index (Phi) is 4.13. The minimum atomic E-state index is -0.641. The third kappa shape index (κ3) is 2.98. The topological polar surface area (TPSA) is 45.3 Å². The molecule has 4 nitrogen and oxygen atoms in total. The van der Waals surface area contributed by atoms with Gasteiger partial charge < -0.3 is 14.6 Å². The number of benzene rings is 1. The average molecular weight is 302 g/mol. The van der Waals surface area contributed by atoms with Gasteiger partial charge in [-0.2, -0.15) is 0 Å². The van der Waals surface area contributed by atoms with E-state index in [0.29, 0.717) is 5.75 Å². The molecule has 5 heteroatoms. The number of carbonyl (C=O) groups excluding carboxylic acids is 1. The molecule has 0 bridgehead atoms. The number of hydrogen-bond acceptors (Lipinski definition) is 2. The SMILES string of the molecule is C[C@H](Oc1cccc(F)c1)C(=O)N1CCC[C@H]1c1ccc[nH]1. The molecule has 0 spiro atoms. The summed E-state index contributed by atoms with van der Waals surface area (Å²) < 4.78 is 18.8. The molecule has 1 aromatic heterocycles. The second kappa shape index (κ2) is 6.22. The van der Waals surface area contributed by atoms with Crippen LogP contribution in [0.4, 0.5) is 4.39 Å². The van der Waals surface area contributed by atoms with Gasteiger partial charge in [0.1, 0.15) is 11.6 Å². The minimum Gasteiger partial charge on any atom is -0.481 e. The van der Waals surface area contributed by atoms with E-state index in [4.69, 9.17) is 4.74 Å². The lowest BCUT2D eigenvalue weighted by atomic mass is 10.1. The van der Waals surface area contributed by atoms with Gasteiger partial charge in [-0.05, 0) is 44.0 Å². The van der Waals surface area contributed by atoms with E-state index in [2.05, 4.69) is 4.98 Å². The van der Waals surface area contributed by atoms with Crippen molar-refractivity contribution in [3.8, 4) is 5.75 Å². The van der Waals surface area contributed by atoms with Crippen LogP contribution in [0.5, 0.6) is 5.75 Å². The zero-order valence-electron chi connectivity index (χ0n) is 12.5. The maximum Gasteiger partial charge on any atom is 0.263 e. The highest BCUT2D eigenvalue weighted by Crippen LogP contribution is 2.31. The van der Waals surface area contributed by atoms with Gasteiger partial charge >= 0.3 is 0 Å². The predicted octanol–water partition coefficient (Wildman–Crippen LogP) is 3.28. The fourth-order valence-corrected chi connectivity index (χ4v) is 2.93. The van der Waals surface area contributed by atoms with Crippen molar-refractivity contribution >= 4 is 5.91 Å². The van der Waals surface area contributed by atoms with Crippen molar-refractivity contribution in [2.75, 3.05) is 6.54 Å². The van der Waals surface area contributed by atoms with Crippen molar-refractivity contribution in [3.63, 3.8) is 0 Å². The summed E-state index contributed by atoms with van der Waals surface area (Å²) in [7, 11) is 0. The first-order valence-electron chi connectivity index (χ1n) is 7.51.